The average molecular weight is 144 g/mol. The minimum atomic E-state index is 0.597. The zero-order valence-corrected chi connectivity index (χ0v) is 5.80. The molecule has 1 saturated heterocycles. The summed E-state index contributed by atoms with van der Waals surface area (Å²) in [5, 5.41) is 6.22. The van der Waals surface area contributed by atoms with Crippen molar-refractivity contribution in [1.29, 1.82) is 0 Å². The van der Waals surface area contributed by atoms with Crippen molar-refractivity contribution in [2.45, 2.75) is 0 Å². The summed E-state index contributed by atoms with van der Waals surface area (Å²) < 4.78 is 0. The van der Waals surface area contributed by atoms with Crippen molar-refractivity contribution in [3.05, 3.63) is 12.3 Å². The van der Waals surface area contributed by atoms with Crippen molar-refractivity contribution < 1.29 is 9.78 Å². The van der Waals surface area contributed by atoms with Crippen LogP contribution in [0.25, 0.3) is 0 Å². The van der Waals surface area contributed by atoms with Gasteiger partial charge in [0.2, 0.25) is 0 Å². The van der Waals surface area contributed by atoms with Crippen LogP contribution >= 0.6 is 0 Å². The molecule has 0 aromatic carbocycles. The Labute approximate surface area is 60.1 Å². The molecule has 0 bridgehead atoms. The predicted molar refractivity (Wildman–Crippen MR) is 37.0 cm³/mol. The lowest BCUT2D eigenvalue weighted by molar-refractivity contribution is -0.221. The minimum absolute atomic E-state index is 0.597. The molecule has 0 unspecified atom stereocenters. The molecule has 0 radical (unpaired) electrons. The van der Waals surface area contributed by atoms with Gasteiger partial charge in [-0.2, -0.15) is 4.89 Å². The zero-order chi connectivity index (χ0) is 7.07. The second-order valence-electron chi connectivity index (χ2n) is 1.93. The molecule has 2 heterocycles. The van der Waals surface area contributed by atoms with E-state index in [9.17, 15) is 0 Å². The Bertz CT molecular complexity index is 88.3. The molecular weight excluding hydrogens is 132 g/mol. The van der Waals surface area contributed by atoms with E-state index in [4.69, 9.17) is 0 Å². The fraction of sp³-hybridized carbons (Fsp3) is 0.667. The molecule has 0 aliphatic carbocycles. The van der Waals surface area contributed by atoms with Crippen molar-refractivity contribution >= 4 is 0 Å². The van der Waals surface area contributed by atoms with Crippen LogP contribution in [0.4, 0.5) is 0 Å². The summed E-state index contributed by atoms with van der Waals surface area (Å²) in [5.74, 6) is 0. The van der Waals surface area contributed by atoms with E-state index in [0.29, 0.717) is 6.61 Å². The maximum absolute atomic E-state index is 4.33. The van der Waals surface area contributed by atoms with Gasteiger partial charge in [-0.25, -0.2) is 0 Å². The van der Waals surface area contributed by atoms with Gasteiger partial charge in [-0.05, 0) is 6.08 Å². The molecule has 58 valence electrons. The van der Waals surface area contributed by atoms with E-state index in [1.54, 1.807) is 6.08 Å². The van der Waals surface area contributed by atoms with Crippen molar-refractivity contribution in [2.24, 2.45) is 0 Å². The van der Waals surface area contributed by atoms with Crippen LogP contribution in [-0.4, -0.2) is 26.4 Å². The Kier molecular flexibility index (Phi) is 3.93. The molecule has 0 aromatic rings. The third-order valence-electron chi connectivity index (χ3n) is 1.11. The normalized spacial score (nSPS) is 21.6. The summed E-state index contributed by atoms with van der Waals surface area (Å²) >= 11 is 0. The summed E-state index contributed by atoms with van der Waals surface area (Å²) in [4.78, 5) is 8.60. The van der Waals surface area contributed by atoms with Crippen LogP contribution in [0.5, 0.6) is 0 Å². The van der Waals surface area contributed by atoms with Gasteiger partial charge >= 0.3 is 0 Å². The molecule has 0 spiro atoms. The van der Waals surface area contributed by atoms with E-state index in [-0.39, 0.29) is 0 Å². The monoisotopic (exact) mass is 144 g/mol. The van der Waals surface area contributed by atoms with Gasteiger partial charge in [0.25, 0.3) is 0 Å². The Hall–Kier alpha value is -0.580. The number of nitrogens with one attached hydrogen (secondary N) is 2. The van der Waals surface area contributed by atoms with E-state index >= 15 is 0 Å². The van der Waals surface area contributed by atoms with Crippen LogP contribution in [0, 0.1) is 0 Å². The third-order valence-corrected chi connectivity index (χ3v) is 1.11. The van der Waals surface area contributed by atoms with E-state index in [1.165, 1.54) is 6.26 Å². The molecule has 4 heteroatoms. The first-order valence-corrected chi connectivity index (χ1v) is 3.35. The first kappa shape index (κ1) is 7.53. The van der Waals surface area contributed by atoms with Crippen molar-refractivity contribution in [3.63, 3.8) is 0 Å². The molecular formula is C6H12N2O2. The number of hydrogen-bond acceptors (Lipinski definition) is 4. The summed E-state index contributed by atoms with van der Waals surface area (Å²) in [5.41, 5.74) is 0. The van der Waals surface area contributed by atoms with Crippen molar-refractivity contribution in [2.75, 3.05) is 26.4 Å². The van der Waals surface area contributed by atoms with Gasteiger partial charge in [-0.3, -0.25) is 0 Å². The highest BCUT2D eigenvalue weighted by Crippen LogP contribution is 1.88. The maximum Gasteiger partial charge on any atom is 0.128 e. The molecule has 0 aromatic heterocycles. The van der Waals surface area contributed by atoms with Crippen LogP contribution < -0.4 is 10.6 Å². The van der Waals surface area contributed by atoms with Gasteiger partial charge in [0, 0.05) is 19.8 Å². The molecule has 4 nitrogen and oxygen atoms in total. The van der Waals surface area contributed by atoms with Crippen LogP contribution in [0.15, 0.2) is 12.3 Å². The lowest BCUT2D eigenvalue weighted by Gasteiger charge is -1.80. The van der Waals surface area contributed by atoms with Gasteiger partial charge in [-0.15, -0.1) is 0 Å². The molecule has 2 N–H and O–H groups in total. The maximum atomic E-state index is 4.33. The quantitative estimate of drug-likeness (QED) is 0.454. The average Bonchev–Trinajstić information content (AvgIpc) is 2.67. The summed E-state index contributed by atoms with van der Waals surface area (Å²) in [7, 11) is 0. The zero-order valence-electron chi connectivity index (χ0n) is 5.80. The van der Waals surface area contributed by atoms with Crippen molar-refractivity contribution in [3.8, 4) is 0 Å². The molecule has 0 atom stereocenters. The second kappa shape index (κ2) is 5.22. The number of hydrogen-bond donors (Lipinski definition) is 2. The third kappa shape index (κ3) is 3.45. The molecule has 2 aliphatic rings. The Morgan fingerprint density at radius 1 is 1.20 bits per heavy atom. The molecule has 0 amide bonds. The van der Waals surface area contributed by atoms with Gasteiger partial charge < -0.3 is 15.5 Å². The van der Waals surface area contributed by atoms with Gasteiger partial charge in [0.15, 0.2) is 0 Å². The van der Waals surface area contributed by atoms with Crippen LogP contribution in [0.2, 0.25) is 0 Å². The fourth-order valence-electron chi connectivity index (χ4n) is 0.638. The van der Waals surface area contributed by atoms with Crippen molar-refractivity contribution in [1.82, 2.24) is 10.6 Å². The Balaban J connectivity index is 0.0000001000. The summed E-state index contributed by atoms with van der Waals surface area (Å²) in [6, 6.07) is 0. The highest BCUT2D eigenvalue weighted by molar-refractivity contribution is 4.73. The SMILES string of the molecule is C1=COOC1.C1CNCN1. The minimum Gasteiger partial charge on any atom is -0.345 e. The van der Waals surface area contributed by atoms with E-state index < -0.39 is 0 Å². The molecule has 2 aliphatic heterocycles. The predicted octanol–water partition coefficient (Wildman–Crippen LogP) is -0.401. The van der Waals surface area contributed by atoms with E-state index in [0.717, 1.165) is 19.8 Å². The smallest absolute Gasteiger partial charge is 0.128 e. The van der Waals surface area contributed by atoms with Gasteiger partial charge in [0.05, 0.1) is 0 Å². The van der Waals surface area contributed by atoms with Gasteiger partial charge in [0.1, 0.15) is 12.9 Å². The second-order valence-corrected chi connectivity index (χ2v) is 1.93. The first-order chi connectivity index (χ1) is 5.00. The highest BCUT2D eigenvalue weighted by Gasteiger charge is 1.90. The lowest BCUT2D eigenvalue weighted by Crippen LogP contribution is -2.11. The van der Waals surface area contributed by atoms with E-state index in [2.05, 4.69) is 20.4 Å². The van der Waals surface area contributed by atoms with Crippen LogP contribution in [0.3, 0.4) is 0 Å². The molecule has 1 fully saturated rings. The Morgan fingerprint density at radius 2 is 2.00 bits per heavy atom. The topological polar surface area (TPSA) is 42.5 Å². The standard InChI is InChI=1S/C3H8N2.C3H4O2/c1-2-5-3-4-1;1-2-4-5-3-1/h4-5H,1-3H2;1-2H,3H2. The van der Waals surface area contributed by atoms with Crippen LogP contribution in [0.1, 0.15) is 0 Å². The highest BCUT2D eigenvalue weighted by atomic mass is 17.2. The fourth-order valence-corrected chi connectivity index (χ4v) is 0.638. The molecule has 10 heavy (non-hydrogen) atoms. The summed E-state index contributed by atoms with van der Waals surface area (Å²) in [6.45, 7) is 3.88. The number of rotatable bonds is 0. The first-order valence-electron chi connectivity index (χ1n) is 3.35. The van der Waals surface area contributed by atoms with E-state index in [1.807, 2.05) is 0 Å². The molecule has 2 rings (SSSR count). The summed E-state index contributed by atoms with van der Waals surface area (Å²) in [6.07, 6.45) is 3.31. The molecule has 0 saturated carbocycles. The van der Waals surface area contributed by atoms with Gasteiger partial charge in [-0.1, -0.05) is 0 Å². The van der Waals surface area contributed by atoms with Crippen LogP contribution in [-0.2, 0) is 9.78 Å². The largest absolute Gasteiger partial charge is 0.345 e. The Morgan fingerprint density at radius 3 is 2.20 bits per heavy atom. The lowest BCUT2D eigenvalue weighted by atomic mass is 10.7.